The van der Waals surface area contributed by atoms with Crippen LogP contribution in [0.25, 0.3) is 0 Å². The topological polar surface area (TPSA) is 132 Å². The van der Waals surface area contributed by atoms with Crippen LogP contribution < -0.4 is 0 Å². The van der Waals surface area contributed by atoms with Gasteiger partial charge < -0.3 is 34.3 Å². The first-order chi connectivity index (χ1) is 21.6. The van der Waals surface area contributed by atoms with Gasteiger partial charge in [0.05, 0.1) is 48.5 Å². The molecule has 8 rings (SSSR count). The summed E-state index contributed by atoms with van der Waals surface area (Å²) in [5.41, 5.74) is -2.12. The van der Waals surface area contributed by atoms with Gasteiger partial charge in [-0.2, -0.15) is 0 Å². The first-order valence-corrected chi connectivity index (χ1v) is 18.2. The molecule has 8 aliphatic rings. The number of aliphatic hydroxyl groups is 3. The lowest BCUT2D eigenvalue weighted by molar-refractivity contribution is -0.254. The largest absolute Gasteiger partial charge is 0.459 e. The van der Waals surface area contributed by atoms with E-state index in [1.807, 2.05) is 41.5 Å². The number of hydrogen-bond donors (Lipinski definition) is 3. The Bertz CT molecular complexity index is 1070. The summed E-state index contributed by atoms with van der Waals surface area (Å²) < 4.78 is 24.5. The predicted molar refractivity (Wildman–Crippen MR) is 173 cm³/mol. The van der Waals surface area contributed by atoms with Crippen molar-refractivity contribution in [2.24, 2.45) is 34.5 Å². The SMILES string of the molecule is CCC(C)(C)C(=O)OC12CC3CC(C1)CC(OC(CO)CO)(C3)C2.CCC(C)(C)C(=O)OC12CC3CC(CC(OCCO)(C3)C1)C2. The van der Waals surface area contributed by atoms with Gasteiger partial charge in [0.2, 0.25) is 0 Å². The van der Waals surface area contributed by atoms with Crippen LogP contribution in [-0.4, -0.2) is 82.2 Å². The van der Waals surface area contributed by atoms with Crippen molar-refractivity contribution in [1.29, 1.82) is 0 Å². The van der Waals surface area contributed by atoms with Crippen molar-refractivity contribution in [1.82, 2.24) is 0 Å². The monoisotopic (exact) mass is 650 g/mol. The molecule has 8 fully saturated rings. The molecule has 264 valence electrons. The minimum Gasteiger partial charge on any atom is -0.459 e. The Labute approximate surface area is 276 Å². The fourth-order valence-electron chi connectivity index (χ4n) is 10.4. The van der Waals surface area contributed by atoms with Gasteiger partial charge in [-0.1, -0.05) is 13.8 Å². The van der Waals surface area contributed by atoms with E-state index in [9.17, 15) is 19.8 Å². The van der Waals surface area contributed by atoms with Crippen LogP contribution in [0.15, 0.2) is 0 Å². The predicted octanol–water partition coefficient (Wildman–Crippen LogP) is 5.49. The zero-order valence-electron chi connectivity index (χ0n) is 29.4. The van der Waals surface area contributed by atoms with E-state index in [0.717, 1.165) is 70.6 Å². The highest BCUT2D eigenvalue weighted by Crippen LogP contribution is 2.62. The Balaban J connectivity index is 0.000000182. The molecular formula is C37H62O9. The molecule has 8 saturated carbocycles. The van der Waals surface area contributed by atoms with Gasteiger partial charge in [-0.05, 0) is 128 Å². The molecule has 0 radical (unpaired) electrons. The van der Waals surface area contributed by atoms with Crippen LogP contribution >= 0.6 is 0 Å². The Morgan fingerprint density at radius 2 is 1.02 bits per heavy atom. The minimum absolute atomic E-state index is 0.0609. The first-order valence-electron chi connectivity index (χ1n) is 18.2. The van der Waals surface area contributed by atoms with E-state index >= 15 is 0 Å². The van der Waals surface area contributed by atoms with Crippen molar-refractivity contribution in [2.75, 3.05) is 26.4 Å². The van der Waals surface area contributed by atoms with Gasteiger partial charge in [-0.25, -0.2) is 0 Å². The van der Waals surface area contributed by atoms with Crippen molar-refractivity contribution in [3.63, 3.8) is 0 Å². The summed E-state index contributed by atoms with van der Waals surface area (Å²) in [7, 11) is 0. The molecule has 0 aromatic heterocycles. The molecule has 0 spiro atoms. The van der Waals surface area contributed by atoms with Gasteiger partial charge in [-0.3, -0.25) is 9.59 Å². The highest BCUT2D eigenvalue weighted by Gasteiger charge is 2.62. The molecule has 46 heavy (non-hydrogen) atoms. The van der Waals surface area contributed by atoms with Gasteiger partial charge in [-0.15, -0.1) is 0 Å². The normalized spacial score (nSPS) is 38.9. The average Bonchev–Trinajstić information content (AvgIpc) is 2.97. The second-order valence-electron chi connectivity index (χ2n) is 17.6. The van der Waals surface area contributed by atoms with Gasteiger partial charge in [0, 0.05) is 12.8 Å². The lowest BCUT2D eigenvalue weighted by atomic mass is 9.52. The second-order valence-corrected chi connectivity index (χ2v) is 17.6. The van der Waals surface area contributed by atoms with Crippen molar-refractivity contribution in [3.8, 4) is 0 Å². The maximum absolute atomic E-state index is 12.7. The summed E-state index contributed by atoms with van der Waals surface area (Å²) in [4.78, 5) is 25.3. The second kappa shape index (κ2) is 13.2. The van der Waals surface area contributed by atoms with Crippen molar-refractivity contribution < 1.29 is 43.9 Å². The summed E-state index contributed by atoms with van der Waals surface area (Å²) in [6.45, 7) is 12.0. The summed E-state index contributed by atoms with van der Waals surface area (Å²) in [6, 6.07) is 0. The van der Waals surface area contributed by atoms with Crippen molar-refractivity contribution >= 4 is 11.9 Å². The number of ether oxygens (including phenoxy) is 4. The van der Waals surface area contributed by atoms with Gasteiger partial charge >= 0.3 is 11.9 Å². The number of aliphatic hydroxyl groups excluding tert-OH is 3. The lowest BCUT2D eigenvalue weighted by Gasteiger charge is -2.61. The Kier molecular flexibility index (Phi) is 10.4. The molecule has 0 aromatic rings. The standard InChI is InChI=1S/C19H32O5.C18H30O4/c1-4-17(2,3)16(22)24-19-8-13-5-14(9-19)7-18(6-13,12-19)23-15(10-20)11-21;1-4-16(2,3)15(20)22-18-10-13-7-14(11-18)9-17(8-13,12-18)21-6-5-19/h13-15,20-21H,4-12H2,1-3H3;13-14,19H,4-12H2,1-3H3. The lowest BCUT2D eigenvalue weighted by Crippen LogP contribution is -2.62. The maximum atomic E-state index is 12.7. The van der Waals surface area contributed by atoms with Crippen LogP contribution in [0.1, 0.15) is 131 Å². The highest BCUT2D eigenvalue weighted by molar-refractivity contribution is 5.76. The van der Waals surface area contributed by atoms with E-state index in [0.29, 0.717) is 36.7 Å². The molecular weight excluding hydrogens is 588 g/mol. The Morgan fingerprint density at radius 3 is 1.39 bits per heavy atom. The summed E-state index contributed by atoms with van der Waals surface area (Å²) >= 11 is 0. The van der Waals surface area contributed by atoms with Gasteiger partial charge in [0.25, 0.3) is 0 Å². The fraction of sp³-hybridized carbons (Fsp3) is 0.946. The summed E-state index contributed by atoms with van der Waals surface area (Å²) in [5, 5.41) is 27.9. The molecule has 8 aliphatic carbocycles. The molecule has 0 heterocycles. The van der Waals surface area contributed by atoms with E-state index in [1.165, 1.54) is 12.8 Å². The van der Waals surface area contributed by atoms with E-state index < -0.39 is 22.5 Å². The highest BCUT2D eigenvalue weighted by atomic mass is 16.6. The zero-order valence-corrected chi connectivity index (χ0v) is 29.4. The third-order valence-corrected chi connectivity index (χ3v) is 12.7. The van der Waals surface area contributed by atoms with Gasteiger partial charge in [0.15, 0.2) is 0 Å². The third kappa shape index (κ3) is 7.34. The molecule has 0 amide bonds. The van der Waals surface area contributed by atoms with Crippen molar-refractivity contribution in [3.05, 3.63) is 0 Å². The average molecular weight is 651 g/mol. The minimum atomic E-state index is -0.541. The van der Waals surface area contributed by atoms with E-state index in [4.69, 9.17) is 24.1 Å². The Hall–Kier alpha value is -1.26. The van der Waals surface area contributed by atoms with Crippen LogP contribution in [0, 0.1) is 34.5 Å². The molecule has 4 unspecified atom stereocenters. The number of hydrogen-bond acceptors (Lipinski definition) is 9. The smallest absolute Gasteiger partial charge is 0.312 e. The summed E-state index contributed by atoms with van der Waals surface area (Å²) in [5.74, 6) is 2.08. The molecule has 0 saturated heterocycles. The van der Waals surface area contributed by atoms with E-state index in [2.05, 4.69) is 0 Å². The number of carbonyl (C=O) groups is 2. The van der Waals surface area contributed by atoms with Crippen LogP contribution in [0.4, 0.5) is 0 Å². The first kappa shape index (κ1) is 36.0. The van der Waals surface area contributed by atoms with Crippen LogP contribution in [0.5, 0.6) is 0 Å². The Morgan fingerprint density at radius 1 is 0.652 bits per heavy atom. The molecule has 0 aliphatic heterocycles. The quantitative estimate of drug-likeness (QED) is 0.221. The zero-order chi connectivity index (χ0) is 33.6. The fourth-order valence-corrected chi connectivity index (χ4v) is 10.4. The maximum Gasteiger partial charge on any atom is 0.312 e. The molecule has 3 N–H and O–H groups in total. The van der Waals surface area contributed by atoms with Gasteiger partial charge in [0.1, 0.15) is 17.3 Å². The summed E-state index contributed by atoms with van der Waals surface area (Å²) in [6.07, 6.45) is 12.9. The molecule has 9 nitrogen and oxygen atoms in total. The molecule has 9 heteroatoms. The van der Waals surface area contributed by atoms with Crippen molar-refractivity contribution in [2.45, 2.75) is 160 Å². The molecule has 4 atom stereocenters. The van der Waals surface area contributed by atoms with E-state index in [-0.39, 0.29) is 48.6 Å². The number of rotatable bonds is 13. The van der Waals surface area contributed by atoms with E-state index in [1.54, 1.807) is 0 Å². The number of carbonyl (C=O) groups excluding carboxylic acids is 2. The van der Waals surface area contributed by atoms with Crippen LogP contribution in [-0.2, 0) is 28.5 Å². The third-order valence-electron chi connectivity index (χ3n) is 12.7. The van der Waals surface area contributed by atoms with Crippen LogP contribution in [0.2, 0.25) is 0 Å². The van der Waals surface area contributed by atoms with Crippen LogP contribution in [0.3, 0.4) is 0 Å². The number of esters is 2. The molecule has 8 bridgehead atoms. The molecule has 0 aromatic carbocycles.